The lowest BCUT2D eigenvalue weighted by Gasteiger charge is -2.26. The standard InChI is InChI=1S/C23H25F3N2O4/c1-11-16(24)7-6-15(19(11)31-22(25)26)18-12(2)23(4,5)32-20(18)21(30)28-14-8-9-27-17(10-14)13(3)29/h6-10,12,18,20,22H,1-5H3,(H,27,28,30)/t12-,18-,20+/m1/s1. The third kappa shape index (κ3) is 4.62. The Bertz CT molecular complexity index is 1040. The fourth-order valence-electron chi connectivity index (χ4n) is 3.96. The van der Waals surface area contributed by atoms with Gasteiger partial charge in [-0.15, -0.1) is 0 Å². The van der Waals surface area contributed by atoms with Gasteiger partial charge in [-0.2, -0.15) is 8.78 Å². The molecule has 1 N–H and O–H groups in total. The summed E-state index contributed by atoms with van der Waals surface area (Å²) in [7, 11) is 0. The Morgan fingerprint density at radius 1 is 1.25 bits per heavy atom. The van der Waals surface area contributed by atoms with E-state index in [9.17, 15) is 22.8 Å². The van der Waals surface area contributed by atoms with E-state index in [4.69, 9.17) is 4.74 Å². The topological polar surface area (TPSA) is 77.5 Å². The zero-order chi connectivity index (χ0) is 23.8. The number of carbonyl (C=O) groups is 2. The van der Waals surface area contributed by atoms with Crippen LogP contribution in [-0.2, 0) is 9.53 Å². The molecule has 1 aromatic carbocycles. The molecule has 3 atom stereocenters. The van der Waals surface area contributed by atoms with Crippen LogP contribution in [0.1, 0.15) is 55.2 Å². The summed E-state index contributed by atoms with van der Waals surface area (Å²) in [6.45, 7) is 4.97. The number of pyridine rings is 1. The smallest absolute Gasteiger partial charge is 0.387 e. The van der Waals surface area contributed by atoms with E-state index in [2.05, 4.69) is 15.0 Å². The molecule has 1 aliphatic heterocycles. The summed E-state index contributed by atoms with van der Waals surface area (Å²) in [6, 6.07) is 5.48. The Morgan fingerprint density at radius 3 is 2.56 bits per heavy atom. The van der Waals surface area contributed by atoms with E-state index in [0.717, 1.165) is 6.07 Å². The molecule has 1 saturated heterocycles. The normalized spacial score (nSPS) is 22.1. The lowest BCUT2D eigenvalue weighted by atomic mass is 9.77. The van der Waals surface area contributed by atoms with Crippen LogP contribution >= 0.6 is 0 Å². The lowest BCUT2D eigenvalue weighted by molar-refractivity contribution is -0.131. The van der Waals surface area contributed by atoms with Crippen LogP contribution in [0.2, 0.25) is 0 Å². The first-order valence-electron chi connectivity index (χ1n) is 10.1. The number of ketones is 1. The van der Waals surface area contributed by atoms with Gasteiger partial charge in [0.1, 0.15) is 23.4 Å². The number of nitrogens with one attached hydrogen (secondary N) is 1. The molecular formula is C23H25F3N2O4. The number of carbonyl (C=O) groups excluding carboxylic acids is 2. The Kier molecular flexibility index (Phi) is 6.59. The third-order valence-corrected chi connectivity index (χ3v) is 5.98. The van der Waals surface area contributed by atoms with Gasteiger partial charge in [0.2, 0.25) is 0 Å². The minimum absolute atomic E-state index is 0.0703. The maximum atomic E-state index is 14.1. The molecule has 1 aromatic heterocycles. The SMILES string of the molecule is CC(=O)c1cc(NC(=O)[C@H]2OC(C)(C)[C@H](C)[C@@H]2c2ccc(F)c(C)c2OC(F)F)ccn1. The van der Waals surface area contributed by atoms with Crippen LogP contribution in [0.5, 0.6) is 5.75 Å². The number of hydrogen-bond acceptors (Lipinski definition) is 5. The number of benzene rings is 1. The average Bonchev–Trinajstić information content (AvgIpc) is 2.95. The average molecular weight is 450 g/mol. The second-order valence-corrected chi connectivity index (χ2v) is 8.40. The molecule has 0 saturated carbocycles. The highest BCUT2D eigenvalue weighted by molar-refractivity contribution is 5.97. The van der Waals surface area contributed by atoms with E-state index in [1.54, 1.807) is 13.8 Å². The summed E-state index contributed by atoms with van der Waals surface area (Å²) in [5.41, 5.74) is -0.0584. The highest BCUT2D eigenvalue weighted by Crippen LogP contribution is 2.49. The number of amides is 1. The second kappa shape index (κ2) is 8.90. The number of nitrogens with zero attached hydrogens (tertiary/aromatic N) is 1. The van der Waals surface area contributed by atoms with Crippen molar-refractivity contribution >= 4 is 17.4 Å². The van der Waals surface area contributed by atoms with E-state index in [0.29, 0.717) is 5.69 Å². The van der Waals surface area contributed by atoms with Crippen molar-refractivity contribution in [2.45, 2.75) is 58.9 Å². The van der Waals surface area contributed by atoms with Crippen LogP contribution in [0.3, 0.4) is 0 Å². The van der Waals surface area contributed by atoms with Gasteiger partial charge in [-0.25, -0.2) is 4.39 Å². The zero-order valence-corrected chi connectivity index (χ0v) is 18.4. The molecule has 172 valence electrons. The Morgan fingerprint density at radius 2 is 1.94 bits per heavy atom. The fourth-order valence-corrected chi connectivity index (χ4v) is 3.96. The van der Waals surface area contributed by atoms with E-state index in [1.165, 1.54) is 38.2 Å². The minimum Gasteiger partial charge on any atom is -0.434 e. The maximum absolute atomic E-state index is 14.1. The van der Waals surface area contributed by atoms with Crippen LogP contribution < -0.4 is 10.1 Å². The molecule has 0 radical (unpaired) electrons. The largest absolute Gasteiger partial charge is 0.434 e. The van der Waals surface area contributed by atoms with Gasteiger partial charge in [0.25, 0.3) is 5.91 Å². The Labute approximate surface area is 184 Å². The molecule has 1 aliphatic rings. The van der Waals surface area contributed by atoms with Crippen molar-refractivity contribution in [3.63, 3.8) is 0 Å². The van der Waals surface area contributed by atoms with Crippen molar-refractivity contribution in [3.05, 3.63) is 53.1 Å². The van der Waals surface area contributed by atoms with Gasteiger partial charge in [-0.05, 0) is 44.9 Å². The molecule has 3 rings (SSSR count). The van der Waals surface area contributed by atoms with Gasteiger partial charge in [0.15, 0.2) is 5.78 Å². The molecule has 0 spiro atoms. The summed E-state index contributed by atoms with van der Waals surface area (Å²) in [5, 5.41) is 2.70. The number of ether oxygens (including phenoxy) is 2. The van der Waals surface area contributed by atoms with Crippen molar-refractivity contribution in [2.75, 3.05) is 5.32 Å². The van der Waals surface area contributed by atoms with Crippen molar-refractivity contribution < 1.29 is 32.2 Å². The molecule has 32 heavy (non-hydrogen) atoms. The van der Waals surface area contributed by atoms with Crippen molar-refractivity contribution in [1.29, 1.82) is 0 Å². The molecule has 1 fully saturated rings. The maximum Gasteiger partial charge on any atom is 0.387 e. The number of anilines is 1. The highest BCUT2D eigenvalue weighted by Gasteiger charge is 2.51. The lowest BCUT2D eigenvalue weighted by Crippen LogP contribution is -2.33. The molecule has 9 heteroatoms. The van der Waals surface area contributed by atoms with Gasteiger partial charge in [-0.3, -0.25) is 14.6 Å². The van der Waals surface area contributed by atoms with Gasteiger partial charge in [0, 0.05) is 35.9 Å². The van der Waals surface area contributed by atoms with Gasteiger partial charge in [0.05, 0.1) is 5.60 Å². The van der Waals surface area contributed by atoms with E-state index >= 15 is 0 Å². The molecule has 0 unspecified atom stereocenters. The van der Waals surface area contributed by atoms with Crippen LogP contribution in [0, 0.1) is 18.7 Å². The molecule has 0 bridgehead atoms. The molecule has 1 amide bonds. The molecule has 6 nitrogen and oxygen atoms in total. The summed E-state index contributed by atoms with van der Waals surface area (Å²) in [5.74, 6) is -2.76. The predicted octanol–water partition coefficient (Wildman–Crippen LogP) is 4.87. The summed E-state index contributed by atoms with van der Waals surface area (Å²) < 4.78 is 51.0. The first-order valence-corrected chi connectivity index (χ1v) is 10.1. The summed E-state index contributed by atoms with van der Waals surface area (Å²) in [6.07, 6.45) is 0.322. The second-order valence-electron chi connectivity index (χ2n) is 8.40. The first kappa shape index (κ1) is 23.7. The van der Waals surface area contributed by atoms with Crippen molar-refractivity contribution in [2.24, 2.45) is 5.92 Å². The van der Waals surface area contributed by atoms with E-state index in [-0.39, 0.29) is 34.3 Å². The first-order chi connectivity index (χ1) is 14.9. The van der Waals surface area contributed by atoms with Gasteiger partial charge < -0.3 is 14.8 Å². The number of rotatable bonds is 6. The molecule has 2 heterocycles. The monoisotopic (exact) mass is 450 g/mol. The molecule has 2 aromatic rings. The predicted molar refractivity (Wildman–Crippen MR) is 111 cm³/mol. The van der Waals surface area contributed by atoms with Crippen molar-refractivity contribution in [1.82, 2.24) is 4.98 Å². The van der Waals surface area contributed by atoms with E-state index < -0.39 is 36.0 Å². The number of Topliss-reactive ketones (excluding diaryl/α,β-unsaturated/α-hetero) is 1. The number of halogens is 3. The van der Waals surface area contributed by atoms with Crippen LogP contribution in [0.25, 0.3) is 0 Å². The summed E-state index contributed by atoms with van der Waals surface area (Å²) >= 11 is 0. The zero-order valence-electron chi connectivity index (χ0n) is 18.4. The van der Waals surface area contributed by atoms with Crippen molar-refractivity contribution in [3.8, 4) is 5.75 Å². The minimum atomic E-state index is -3.16. The van der Waals surface area contributed by atoms with Crippen LogP contribution in [0.15, 0.2) is 30.5 Å². The number of aromatic nitrogens is 1. The third-order valence-electron chi connectivity index (χ3n) is 5.98. The Balaban J connectivity index is 2.01. The van der Waals surface area contributed by atoms with Gasteiger partial charge >= 0.3 is 6.61 Å². The fraction of sp³-hybridized carbons (Fsp3) is 0.435. The highest BCUT2D eigenvalue weighted by atomic mass is 19.3. The van der Waals surface area contributed by atoms with Gasteiger partial charge in [-0.1, -0.05) is 13.0 Å². The van der Waals surface area contributed by atoms with Crippen LogP contribution in [-0.4, -0.2) is 35.0 Å². The molecular weight excluding hydrogens is 425 g/mol. The molecule has 0 aliphatic carbocycles. The quantitative estimate of drug-likeness (QED) is 0.636. The Hall–Kier alpha value is -2.94. The number of hydrogen-bond donors (Lipinski definition) is 1. The van der Waals surface area contributed by atoms with Crippen LogP contribution in [0.4, 0.5) is 18.9 Å². The number of alkyl halides is 2. The summed E-state index contributed by atoms with van der Waals surface area (Å²) in [4.78, 5) is 28.7. The van der Waals surface area contributed by atoms with E-state index in [1.807, 2.05) is 6.92 Å².